The number of nitrogens with zero attached hydrogens (tertiary/aromatic N) is 6. The second-order valence-electron chi connectivity index (χ2n) is 11.8. The molecule has 0 radical (unpaired) electrons. The van der Waals surface area contributed by atoms with E-state index in [9.17, 15) is 18.8 Å². The first-order chi connectivity index (χ1) is 21.3. The molecule has 10 heteroatoms. The van der Waals surface area contributed by atoms with Gasteiger partial charge in [-0.3, -0.25) is 19.4 Å². The number of allylic oxidation sites excluding steroid dienone is 1. The van der Waals surface area contributed by atoms with Crippen molar-refractivity contribution in [3.05, 3.63) is 106 Å². The van der Waals surface area contributed by atoms with E-state index in [0.717, 1.165) is 58.2 Å². The topological polar surface area (TPSA) is 98.0 Å². The lowest BCUT2D eigenvalue weighted by Crippen LogP contribution is -2.45. The van der Waals surface area contributed by atoms with Gasteiger partial charge in [-0.15, -0.1) is 0 Å². The minimum absolute atomic E-state index is 0.0122. The Kier molecular flexibility index (Phi) is 6.91. The average molecular weight is 591 g/mol. The van der Waals surface area contributed by atoms with Crippen molar-refractivity contribution >= 4 is 35.2 Å². The summed E-state index contributed by atoms with van der Waals surface area (Å²) in [6.07, 6.45) is 4.88. The van der Waals surface area contributed by atoms with Crippen LogP contribution in [-0.4, -0.2) is 52.1 Å². The summed E-state index contributed by atoms with van der Waals surface area (Å²) >= 11 is 0. The molecule has 1 aliphatic carbocycles. The summed E-state index contributed by atoms with van der Waals surface area (Å²) in [7, 11) is 0. The van der Waals surface area contributed by atoms with Crippen LogP contribution in [-0.2, 0) is 14.4 Å². The van der Waals surface area contributed by atoms with Crippen LogP contribution in [0.15, 0.2) is 93.8 Å². The van der Waals surface area contributed by atoms with E-state index in [4.69, 9.17) is 5.10 Å². The number of carbonyl (C=O) groups excluding carboxylic acids is 3. The highest BCUT2D eigenvalue weighted by molar-refractivity contribution is 6.25. The first-order valence-electron chi connectivity index (χ1n) is 14.8. The number of benzene rings is 3. The van der Waals surface area contributed by atoms with Gasteiger partial charge in [0, 0.05) is 5.92 Å². The predicted octanol–water partition coefficient (Wildman–Crippen LogP) is 5.56. The highest BCUT2D eigenvalue weighted by Gasteiger charge is 2.55. The maximum Gasteiger partial charge on any atom is 0.264 e. The third kappa shape index (κ3) is 4.80. The van der Waals surface area contributed by atoms with Gasteiger partial charge in [0.2, 0.25) is 0 Å². The normalized spacial score (nSPS) is 25.1. The lowest BCUT2D eigenvalue weighted by atomic mass is 9.77. The molecule has 7 rings (SSSR count). The second-order valence-corrected chi connectivity index (χ2v) is 11.8. The Morgan fingerprint density at radius 3 is 2.41 bits per heavy atom. The van der Waals surface area contributed by atoms with Gasteiger partial charge in [-0.05, 0) is 74.1 Å². The van der Waals surface area contributed by atoms with E-state index in [1.54, 1.807) is 0 Å². The molecule has 9 nitrogen and oxygen atoms in total. The highest BCUT2D eigenvalue weighted by atomic mass is 19.1. The molecule has 0 spiro atoms. The van der Waals surface area contributed by atoms with Crippen LogP contribution >= 0.6 is 0 Å². The Hall–Kier alpha value is -4.99. The van der Waals surface area contributed by atoms with E-state index in [-0.39, 0.29) is 30.1 Å². The summed E-state index contributed by atoms with van der Waals surface area (Å²) in [5, 5.41) is 15.9. The van der Waals surface area contributed by atoms with Gasteiger partial charge in [-0.2, -0.15) is 10.2 Å². The van der Waals surface area contributed by atoms with Crippen LogP contribution in [0.3, 0.4) is 0 Å². The minimum atomic E-state index is -1.09. The van der Waals surface area contributed by atoms with Crippen molar-refractivity contribution in [3.63, 3.8) is 0 Å². The van der Waals surface area contributed by atoms with Crippen molar-refractivity contribution < 1.29 is 18.8 Å². The maximum absolute atomic E-state index is 14.1. The van der Waals surface area contributed by atoms with E-state index in [0.29, 0.717) is 0 Å². The fourth-order valence-corrected chi connectivity index (χ4v) is 6.60. The number of fused-ring (bicyclic) bond motifs is 2. The van der Waals surface area contributed by atoms with Gasteiger partial charge in [-0.25, -0.2) is 14.3 Å². The van der Waals surface area contributed by atoms with Crippen LogP contribution in [0, 0.1) is 25.6 Å². The van der Waals surface area contributed by atoms with E-state index in [1.165, 1.54) is 33.8 Å². The van der Waals surface area contributed by atoms with E-state index < -0.39 is 29.7 Å². The van der Waals surface area contributed by atoms with Gasteiger partial charge >= 0.3 is 0 Å². The summed E-state index contributed by atoms with van der Waals surface area (Å²) in [6, 6.07) is 19.3. The van der Waals surface area contributed by atoms with Gasteiger partial charge < -0.3 is 0 Å². The second kappa shape index (κ2) is 10.9. The number of aryl methyl sites for hydroxylation is 2. The number of carbonyl (C=O) groups is 3. The van der Waals surface area contributed by atoms with E-state index in [1.807, 2.05) is 31.2 Å². The zero-order valence-corrected chi connectivity index (χ0v) is 24.4. The minimum Gasteiger partial charge on any atom is -0.271 e. The van der Waals surface area contributed by atoms with Crippen LogP contribution in [0.5, 0.6) is 0 Å². The molecule has 3 aromatic rings. The van der Waals surface area contributed by atoms with Crippen molar-refractivity contribution in [1.82, 2.24) is 10.0 Å². The zero-order chi connectivity index (χ0) is 30.5. The standard InChI is InChI=1S/C34H31FN6O3/c1-20-9-13-22(14-10-20)17-24-5-3-8-27-29(24)37-41(31(27)23-15-11-21(2)12-16-23)28(42)19-39-32-30(36-38-39)33(43)40(34(32)44)26-7-4-6-25(35)18-26/h4,6-7,9-18,27,30-32H,3,5,8,19H2,1-2H3/b24-17+/t27-,30-,31-,32+/m0/s1. The van der Waals surface area contributed by atoms with Crippen LogP contribution in [0.2, 0.25) is 0 Å². The molecular formula is C34H31FN6O3. The van der Waals surface area contributed by atoms with E-state index >= 15 is 0 Å². The fraction of sp³-hybridized carbons (Fsp3) is 0.294. The molecule has 3 aliphatic heterocycles. The number of amides is 3. The lowest BCUT2D eigenvalue weighted by molar-refractivity contribution is -0.136. The Labute approximate surface area is 254 Å². The molecule has 3 aromatic carbocycles. The van der Waals surface area contributed by atoms with Crippen molar-refractivity contribution in [2.75, 3.05) is 11.4 Å². The molecule has 0 unspecified atom stereocenters. The first kappa shape index (κ1) is 27.8. The number of hydrazone groups is 1. The molecule has 3 heterocycles. The van der Waals surface area contributed by atoms with Crippen molar-refractivity contribution in [2.45, 2.75) is 51.2 Å². The molecule has 0 aromatic heterocycles. The maximum atomic E-state index is 14.1. The molecule has 1 saturated carbocycles. The van der Waals surface area contributed by atoms with Crippen molar-refractivity contribution in [3.8, 4) is 0 Å². The number of hydrogen-bond donors (Lipinski definition) is 0. The van der Waals surface area contributed by atoms with Gasteiger partial charge in [0.15, 0.2) is 12.1 Å². The summed E-state index contributed by atoms with van der Waals surface area (Å²) < 4.78 is 13.9. The predicted molar refractivity (Wildman–Crippen MR) is 163 cm³/mol. The number of anilines is 1. The fourth-order valence-electron chi connectivity index (χ4n) is 6.60. The van der Waals surface area contributed by atoms with Gasteiger partial charge in [0.1, 0.15) is 12.4 Å². The monoisotopic (exact) mass is 590 g/mol. The first-order valence-corrected chi connectivity index (χ1v) is 14.8. The largest absolute Gasteiger partial charge is 0.271 e. The van der Waals surface area contributed by atoms with Crippen LogP contribution in [0.4, 0.5) is 10.1 Å². The van der Waals surface area contributed by atoms with Gasteiger partial charge in [0.05, 0.1) is 17.4 Å². The summed E-state index contributed by atoms with van der Waals surface area (Å²) in [5.41, 5.74) is 6.51. The number of halogens is 1. The molecule has 1 saturated heterocycles. The third-order valence-electron chi connectivity index (χ3n) is 8.82. The Morgan fingerprint density at radius 2 is 1.68 bits per heavy atom. The lowest BCUT2D eigenvalue weighted by Gasteiger charge is -2.30. The molecule has 4 atom stereocenters. The number of hydrogen-bond acceptors (Lipinski definition) is 7. The molecule has 44 heavy (non-hydrogen) atoms. The molecular weight excluding hydrogens is 559 g/mol. The molecule has 4 aliphatic rings. The third-order valence-corrected chi connectivity index (χ3v) is 8.82. The van der Waals surface area contributed by atoms with Gasteiger partial charge in [-0.1, -0.05) is 70.9 Å². The molecule has 0 bridgehead atoms. The van der Waals surface area contributed by atoms with Crippen molar-refractivity contribution in [2.24, 2.45) is 21.4 Å². The Bertz CT molecular complexity index is 1750. The highest BCUT2D eigenvalue weighted by Crippen LogP contribution is 2.45. The summed E-state index contributed by atoms with van der Waals surface area (Å²) in [6.45, 7) is 3.79. The van der Waals surface area contributed by atoms with Crippen molar-refractivity contribution in [1.29, 1.82) is 0 Å². The Balaban J connectivity index is 1.19. The molecule has 0 N–H and O–H groups in total. The average Bonchev–Trinajstić information content (AvgIpc) is 3.68. The number of imide groups is 1. The van der Waals surface area contributed by atoms with Gasteiger partial charge in [0.25, 0.3) is 17.7 Å². The molecule has 2 fully saturated rings. The Morgan fingerprint density at radius 1 is 0.955 bits per heavy atom. The zero-order valence-electron chi connectivity index (χ0n) is 24.4. The molecule has 222 valence electrons. The SMILES string of the molecule is Cc1ccc(/C=C2\CCC[C@H]3C2=NN(C(=O)CN2N=N[C@@H]4C(=O)N(c5cccc(F)c5)C(=O)[C@@H]42)[C@H]3c2ccc(C)cc2)cc1. The summed E-state index contributed by atoms with van der Waals surface area (Å²) in [4.78, 5) is 41.6. The molecule has 3 amide bonds. The smallest absolute Gasteiger partial charge is 0.264 e. The van der Waals surface area contributed by atoms with Crippen LogP contribution in [0.1, 0.15) is 47.6 Å². The summed E-state index contributed by atoms with van der Waals surface area (Å²) in [5.74, 6) is -2.10. The quantitative estimate of drug-likeness (QED) is 0.364. The number of rotatable bonds is 5. The van der Waals surface area contributed by atoms with E-state index in [2.05, 4.69) is 47.6 Å². The van der Waals surface area contributed by atoms with Crippen LogP contribution < -0.4 is 4.90 Å². The van der Waals surface area contributed by atoms with Crippen LogP contribution in [0.25, 0.3) is 6.08 Å².